The summed E-state index contributed by atoms with van der Waals surface area (Å²) in [5, 5.41) is 8.19. The van der Waals surface area contributed by atoms with Crippen LogP contribution >= 0.6 is 11.6 Å². The fraction of sp³-hybridized carbons (Fsp3) is 0.292. The van der Waals surface area contributed by atoms with Crippen molar-refractivity contribution in [2.45, 2.75) is 37.8 Å². The van der Waals surface area contributed by atoms with Crippen molar-refractivity contribution in [3.8, 4) is 17.0 Å². The third kappa shape index (κ3) is 4.49. The van der Waals surface area contributed by atoms with Gasteiger partial charge in [-0.1, -0.05) is 23.7 Å². The van der Waals surface area contributed by atoms with Gasteiger partial charge in [0.15, 0.2) is 0 Å². The minimum atomic E-state index is -0.498. The van der Waals surface area contributed by atoms with Gasteiger partial charge in [0.05, 0.1) is 24.8 Å². The maximum absolute atomic E-state index is 13.0. The van der Waals surface area contributed by atoms with Crippen molar-refractivity contribution in [1.29, 1.82) is 0 Å². The third-order valence-corrected chi connectivity index (χ3v) is 5.91. The summed E-state index contributed by atoms with van der Waals surface area (Å²) < 4.78 is 6.58. The zero-order chi connectivity index (χ0) is 22.0. The summed E-state index contributed by atoms with van der Waals surface area (Å²) in [5.41, 5.74) is 1.82. The van der Waals surface area contributed by atoms with Crippen LogP contribution in [-0.2, 0) is 16.8 Å². The van der Waals surface area contributed by atoms with Gasteiger partial charge in [-0.25, -0.2) is 4.68 Å². The summed E-state index contributed by atoms with van der Waals surface area (Å²) in [6, 6.07) is 17.9. The zero-order valence-corrected chi connectivity index (χ0v) is 18.2. The van der Waals surface area contributed by atoms with E-state index in [9.17, 15) is 9.59 Å². The molecule has 1 atom stereocenters. The van der Waals surface area contributed by atoms with Crippen molar-refractivity contribution in [2.24, 2.45) is 0 Å². The molecule has 1 fully saturated rings. The predicted octanol–water partition coefficient (Wildman–Crippen LogP) is 3.81. The van der Waals surface area contributed by atoms with Crippen molar-refractivity contribution >= 4 is 17.5 Å². The molecule has 1 aliphatic rings. The molecule has 0 unspecified atom stereocenters. The monoisotopic (exact) mass is 437 g/mol. The van der Waals surface area contributed by atoms with Crippen molar-refractivity contribution < 1.29 is 9.53 Å². The second-order valence-electron chi connectivity index (χ2n) is 7.93. The average molecular weight is 438 g/mol. The maximum Gasteiger partial charge on any atom is 0.266 e. The van der Waals surface area contributed by atoms with Crippen LogP contribution in [0.5, 0.6) is 5.75 Å². The summed E-state index contributed by atoms with van der Waals surface area (Å²) in [5.74, 6) is 0.727. The topological polar surface area (TPSA) is 73.2 Å². The minimum Gasteiger partial charge on any atom is -0.497 e. The molecule has 0 saturated heterocycles. The second kappa shape index (κ2) is 8.55. The van der Waals surface area contributed by atoms with Crippen LogP contribution in [0.15, 0.2) is 65.5 Å². The quantitative estimate of drug-likeness (QED) is 0.610. The lowest BCUT2D eigenvalue weighted by Gasteiger charge is -2.20. The number of benzene rings is 2. The van der Waals surface area contributed by atoms with Gasteiger partial charge in [0, 0.05) is 22.7 Å². The lowest BCUT2D eigenvalue weighted by molar-refractivity contribution is -0.124. The van der Waals surface area contributed by atoms with Crippen LogP contribution in [0.25, 0.3) is 11.3 Å². The van der Waals surface area contributed by atoms with Crippen molar-refractivity contribution in [1.82, 2.24) is 15.1 Å². The zero-order valence-electron chi connectivity index (χ0n) is 17.5. The highest BCUT2D eigenvalue weighted by Crippen LogP contribution is 2.48. The van der Waals surface area contributed by atoms with Gasteiger partial charge in [-0.15, -0.1) is 0 Å². The molecule has 0 radical (unpaired) electrons. The van der Waals surface area contributed by atoms with Gasteiger partial charge in [-0.2, -0.15) is 5.10 Å². The Kier molecular flexibility index (Phi) is 5.83. The fourth-order valence-corrected chi connectivity index (χ4v) is 3.83. The number of hydrogen-bond acceptors (Lipinski definition) is 4. The van der Waals surface area contributed by atoms with E-state index in [-0.39, 0.29) is 24.1 Å². The number of rotatable bonds is 7. The number of hydrogen-bond donors (Lipinski definition) is 1. The number of aromatic nitrogens is 2. The predicted molar refractivity (Wildman–Crippen MR) is 120 cm³/mol. The van der Waals surface area contributed by atoms with Gasteiger partial charge in [0.25, 0.3) is 5.56 Å². The number of carbonyl (C=O) groups excluding carboxylic acids is 1. The molecule has 6 nitrogen and oxygen atoms in total. The van der Waals surface area contributed by atoms with Crippen molar-refractivity contribution in [2.75, 3.05) is 7.11 Å². The molecule has 1 N–H and O–H groups in total. The number of amides is 1. The maximum atomic E-state index is 13.0. The molecule has 1 aromatic heterocycles. The van der Waals surface area contributed by atoms with E-state index in [1.54, 1.807) is 13.2 Å². The number of nitrogens with zero attached hydrogens (tertiary/aromatic N) is 2. The van der Waals surface area contributed by atoms with Gasteiger partial charge in [0.2, 0.25) is 5.91 Å². The van der Waals surface area contributed by atoms with Crippen LogP contribution in [0.2, 0.25) is 5.02 Å². The number of nitrogens with one attached hydrogen (secondary N) is 1. The SMILES string of the molecule is COc1ccc(-c2ccc(=O)n(C[C@H](C)NC(=O)C3(c4ccc(Cl)cc4)CC3)n2)cc1. The smallest absolute Gasteiger partial charge is 0.266 e. The number of ether oxygens (including phenoxy) is 1. The lowest BCUT2D eigenvalue weighted by Crippen LogP contribution is -2.43. The Bertz CT molecular complexity index is 1140. The van der Waals surface area contributed by atoms with Gasteiger partial charge in [0.1, 0.15) is 5.75 Å². The van der Waals surface area contributed by atoms with Gasteiger partial charge >= 0.3 is 0 Å². The molecule has 160 valence electrons. The minimum absolute atomic E-state index is 0.0262. The van der Waals surface area contributed by atoms with Crippen LogP contribution in [0.3, 0.4) is 0 Å². The van der Waals surface area contributed by atoms with Crippen molar-refractivity contribution in [3.63, 3.8) is 0 Å². The standard InChI is InChI=1S/C24H24ClN3O3/c1-16(26-23(30)24(13-14-24)18-5-7-19(25)8-6-18)15-28-22(29)12-11-21(27-28)17-3-9-20(31-2)10-4-17/h3-12,16H,13-15H2,1-2H3,(H,26,30)/t16-/m0/s1. The Labute approximate surface area is 185 Å². The molecule has 0 spiro atoms. The molecule has 1 saturated carbocycles. The Hall–Kier alpha value is -3.12. The average Bonchev–Trinajstić information content (AvgIpc) is 3.58. The Balaban J connectivity index is 1.47. The first kappa shape index (κ1) is 21.1. The number of halogens is 1. The van der Waals surface area contributed by atoms with E-state index in [4.69, 9.17) is 16.3 Å². The largest absolute Gasteiger partial charge is 0.497 e. The third-order valence-electron chi connectivity index (χ3n) is 5.66. The fourth-order valence-electron chi connectivity index (χ4n) is 3.70. The highest BCUT2D eigenvalue weighted by Gasteiger charge is 2.51. The van der Waals surface area contributed by atoms with Crippen molar-refractivity contribution in [3.05, 3.63) is 81.6 Å². The number of methoxy groups -OCH3 is 1. The molecule has 0 bridgehead atoms. The molecule has 1 aliphatic carbocycles. The molecule has 7 heteroatoms. The van der Waals surface area contributed by atoms with E-state index < -0.39 is 5.41 Å². The van der Waals surface area contributed by atoms with Crippen LogP contribution < -0.4 is 15.6 Å². The van der Waals surface area contributed by atoms with Crippen LogP contribution in [-0.4, -0.2) is 28.8 Å². The highest BCUT2D eigenvalue weighted by atomic mass is 35.5. The Morgan fingerprint density at radius 3 is 2.42 bits per heavy atom. The number of carbonyl (C=O) groups is 1. The molecular weight excluding hydrogens is 414 g/mol. The summed E-state index contributed by atoms with van der Waals surface area (Å²) in [7, 11) is 1.61. The van der Waals surface area contributed by atoms with Gasteiger partial charge in [-0.3, -0.25) is 9.59 Å². The molecule has 1 heterocycles. The molecule has 3 aromatic rings. The second-order valence-corrected chi connectivity index (χ2v) is 8.37. The normalized spacial score (nSPS) is 15.2. The van der Waals surface area contributed by atoms with Crippen LogP contribution in [0.4, 0.5) is 0 Å². The van der Waals surface area contributed by atoms with E-state index in [2.05, 4.69) is 10.4 Å². The molecule has 4 rings (SSSR count). The summed E-state index contributed by atoms with van der Waals surface area (Å²) >= 11 is 5.98. The first-order valence-electron chi connectivity index (χ1n) is 10.2. The summed E-state index contributed by atoms with van der Waals surface area (Å²) in [4.78, 5) is 25.3. The van der Waals surface area contributed by atoms with Crippen LogP contribution in [0, 0.1) is 0 Å². The first-order chi connectivity index (χ1) is 14.9. The summed E-state index contributed by atoms with van der Waals surface area (Å²) in [6.07, 6.45) is 1.61. The van der Waals surface area contributed by atoms with Gasteiger partial charge < -0.3 is 10.1 Å². The molecule has 0 aliphatic heterocycles. The Morgan fingerprint density at radius 1 is 1.13 bits per heavy atom. The van der Waals surface area contributed by atoms with Crippen LogP contribution in [0.1, 0.15) is 25.3 Å². The highest BCUT2D eigenvalue weighted by molar-refractivity contribution is 6.30. The molecule has 31 heavy (non-hydrogen) atoms. The molecular formula is C24H24ClN3O3. The molecule has 2 aromatic carbocycles. The first-order valence-corrected chi connectivity index (χ1v) is 10.6. The van der Waals surface area contributed by atoms with E-state index in [1.165, 1.54) is 10.7 Å². The van der Waals surface area contributed by atoms with E-state index in [1.807, 2.05) is 55.5 Å². The Morgan fingerprint density at radius 2 is 1.81 bits per heavy atom. The van der Waals surface area contributed by atoms with E-state index >= 15 is 0 Å². The van der Waals surface area contributed by atoms with E-state index in [0.29, 0.717) is 10.7 Å². The van der Waals surface area contributed by atoms with E-state index in [0.717, 1.165) is 29.7 Å². The van der Waals surface area contributed by atoms with Gasteiger partial charge in [-0.05, 0) is 67.8 Å². The lowest BCUT2D eigenvalue weighted by atomic mass is 9.95. The summed E-state index contributed by atoms with van der Waals surface area (Å²) in [6.45, 7) is 2.16. The molecule has 1 amide bonds.